The molecule has 1 aromatic carbocycles. The lowest BCUT2D eigenvalue weighted by Crippen LogP contribution is -2.47. The second-order valence-corrected chi connectivity index (χ2v) is 11.0. The van der Waals surface area contributed by atoms with Gasteiger partial charge in [0.25, 0.3) is 5.91 Å². The van der Waals surface area contributed by atoms with Gasteiger partial charge in [0, 0.05) is 64.4 Å². The largest absolute Gasteiger partial charge is 0.477 e. The predicted octanol–water partition coefficient (Wildman–Crippen LogP) is 1.71. The lowest BCUT2D eigenvalue weighted by Gasteiger charge is -2.36. The third-order valence-corrected chi connectivity index (χ3v) is 8.44. The number of anilines is 2. The van der Waals surface area contributed by atoms with Gasteiger partial charge in [-0.15, -0.1) is 5.10 Å². The van der Waals surface area contributed by atoms with E-state index in [1.165, 1.54) is 16.8 Å². The summed E-state index contributed by atoms with van der Waals surface area (Å²) in [6.07, 6.45) is 1.15. The van der Waals surface area contributed by atoms with Crippen molar-refractivity contribution in [3.05, 3.63) is 51.8 Å². The molecule has 1 atom stereocenters. The number of nitrogens with two attached hydrogens (primary N) is 1. The maximum absolute atomic E-state index is 14.8. The molecule has 0 spiro atoms. The summed E-state index contributed by atoms with van der Waals surface area (Å²) in [6.45, 7) is 3.51. The topological polar surface area (TPSA) is 149 Å². The number of nitrogens with one attached hydrogen (secondary N) is 1. The highest BCUT2D eigenvalue weighted by atomic mass is 32.1. The molecule has 4 aromatic heterocycles. The zero-order valence-corrected chi connectivity index (χ0v) is 22.9. The fourth-order valence-electron chi connectivity index (χ4n) is 5.28. The maximum atomic E-state index is 14.8. The summed E-state index contributed by atoms with van der Waals surface area (Å²) in [5, 5.41) is 7.01. The van der Waals surface area contributed by atoms with Crippen LogP contribution in [0, 0.1) is 11.6 Å². The van der Waals surface area contributed by atoms with E-state index in [0.29, 0.717) is 79.8 Å². The number of halogens is 2. The standard InChI is InChI=1S/C26H25F2N9O4S/c27-14-12-15(28)19(41-18-3-4-30-24(18)38)13-16(14)35-8-5-34(6-9-35)7-10-36-22-20(42-26(36)39)23-31-21(17-2-1-11-40-17)33-37(23)25(29)32-22/h1-2,11-13,18H,3-10H2,(H2,29,32)(H,30,38). The Kier molecular flexibility index (Phi) is 6.50. The minimum Gasteiger partial charge on any atom is -0.477 e. The third-order valence-electron chi connectivity index (χ3n) is 7.48. The fourth-order valence-corrected chi connectivity index (χ4v) is 6.21. The highest BCUT2D eigenvalue weighted by molar-refractivity contribution is 7.17. The molecule has 218 valence electrons. The number of thiazole rings is 1. The highest BCUT2D eigenvalue weighted by Crippen LogP contribution is 2.31. The van der Waals surface area contributed by atoms with E-state index in [0.717, 1.165) is 17.4 Å². The highest BCUT2D eigenvalue weighted by Gasteiger charge is 2.29. The minimum absolute atomic E-state index is 0.0983. The molecule has 42 heavy (non-hydrogen) atoms. The van der Waals surface area contributed by atoms with Crippen LogP contribution >= 0.6 is 11.3 Å². The zero-order valence-electron chi connectivity index (χ0n) is 22.1. The monoisotopic (exact) mass is 597 g/mol. The molecule has 3 N–H and O–H groups in total. The summed E-state index contributed by atoms with van der Waals surface area (Å²) in [5.41, 5.74) is 7.25. The van der Waals surface area contributed by atoms with E-state index < -0.39 is 17.7 Å². The molecule has 1 amide bonds. The van der Waals surface area contributed by atoms with E-state index in [-0.39, 0.29) is 28.2 Å². The van der Waals surface area contributed by atoms with Crippen molar-refractivity contribution in [1.82, 2.24) is 34.4 Å². The number of hydrogen-bond acceptors (Lipinski definition) is 11. The molecule has 0 saturated carbocycles. The van der Waals surface area contributed by atoms with Gasteiger partial charge in [0.15, 0.2) is 34.7 Å². The first-order valence-electron chi connectivity index (χ1n) is 13.4. The van der Waals surface area contributed by atoms with Crippen LogP contribution in [0.25, 0.3) is 27.6 Å². The molecule has 0 radical (unpaired) electrons. The first-order valence-corrected chi connectivity index (χ1v) is 14.2. The van der Waals surface area contributed by atoms with Crippen LogP contribution in [-0.2, 0) is 11.3 Å². The SMILES string of the molecule is Nc1nc2c(sc(=O)n2CCN2CCN(c3cc(OC4CCNC4=O)c(F)cc3F)CC2)c2nc(-c3ccco3)nn12. The van der Waals surface area contributed by atoms with Crippen molar-refractivity contribution in [2.75, 3.05) is 49.9 Å². The molecule has 0 bridgehead atoms. The summed E-state index contributed by atoms with van der Waals surface area (Å²) in [4.78, 5) is 37.6. The Labute approximate surface area is 240 Å². The summed E-state index contributed by atoms with van der Waals surface area (Å²) in [7, 11) is 0. The van der Waals surface area contributed by atoms with Gasteiger partial charge in [-0.1, -0.05) is 11.3 Å². The van der Waals surface area contributed by atoms with Gasteiger partial charge in [-0.2, -0.15) is 9.50 Å². The Morgan fingerprint density at radius 3 is 2.67 bits per heavy atom. The van der Waals surface area contributed by atoms with Gasteiger partial charge < -0.3 is 25.1 Å². The quantitative estimate of drug-likeness (QED) is 0.284. The number of rotatable bonds is 7. The van der Waals surface area contributed by atoms with Crippen molar-refractivity contribution in [1.29, 1.82) is 0 Å². The number of aromatic nitrogens is 5. The Morgan fingerprint density at radius 1 is 1.10 bits per heavy atom. The molecule has 2 aliphatic rings. The van der Waals surface area contributed by atoms with Crippen molar-refractivity contribution in [2.45, 2.75) is 19.1 Å². The number of ether oxygens (including phenoxy) is 1. The Balaban J connectivity index is 1.05. The van der Waals surface area contributed by atoms with Crippen LogP contribution in [0.5, 0.6) is 5.75 Å². The molecule has 2 saturated heterocycles. The van der Waals surface area contributed by atoms with Gasteiger partial charge >= 0.3 is 4.87 Å². The minimum atomic E-state index is -0.849. The van der Waals surface area contributed by atoms with Crippen molar-refractivity contribution in [3.8, 4) is 17.3 Å². The van der Waals surface area contributed by atoms with E-state index in [1.54, 1.807) is 16.7 Å². The predicted molar refractivity (Wildman–Crippen MR) is 150 cm³/mol. The number of furan rings is 1. The first kappa shape index (κ1) is 26.3. The fraction of sp³-hybridized carbons (Fsp3) is 0.346. The van der Waals surface area contributed by atoms with Crippen LogP contribution in [0.2, 0.25) is 0 Å². The first-order chi connectivity index (χ1) is 20.4. The second kappa shape index (κ2) is 10.4. The lowest BCUT2D eigenvalue weighted by molar-refractivity contribution is -0.125. The number of piperazine rings is 1. The average molecular weight is 598 g/mol. The smallest absolute Gasteiger partial charge is 0.309 e. The van der Waals surface area contributed by atoms with Gasteiger partial charge in [0.1, 0.15) is 10.5 Å². The molecule has 16 heteroatoms. The molecule has 2 aliphatic heterocycles. The lowest BCUT2D eigenvalue weighted by atomic mass is 10.2. The Hall–Kier alpha value is -4.57. The Bertz CT molecular complexity index is 1860. The molecule has 13 nitrogen and oxygen atoms in total. The van der Waals surface area contributed by atoms with Crippen LogP contribution < -0.4 is 25.6 Å². The van der Waals surface area contributed by atoms with Crippen LogP contribution in [-0.4, -0.2) is 80.3 Å². The van der Waals surface area contributed by atoms with Crippen LogP contribution in [0.1, 0.15) is 6.42 Å². The van der Waals surface area contributed by atoms with Crippen molar-refractivity contribution in [2.24, 2.45) is 0 Å². The van der Waals surface area contributed by atoms with E-state index >= 15 is 0 Å². The number of benzene rings is 1. The number of nitrogens with zero attached hydrogens (tertiary/aromatic N) is 7. The van der Waals surface area contributed by atoms with Gasteiger partial charge in [-0.3, -0.25) is 19.1 Å². The summed E-state index contributed by atoms with van der Waals surface area (Å²) < 4.78 is 43.7. The second-order valence-electron chi connectivity index (χ2n) is 10.0. The summed E-state index contributed by atoms with van der Waals surface area (Å²) in [6, 6.07) is 5.58. The van der Waals surface area contributed by atoms with Gasteiger partial charge in [0.2, 0.25) is 11.8 Å². The van der Waals surface area contributed by atoms with Gasteiger partial charge in [0.05, 0.1) is 12.0 Å². The van der Waals surface area contributed by atoms with Crippen LogP contribution in [0.3, 0.4) is 0 Å². The molecular weight excluding hydrogens is 572 g/mol. The molecular formula is C26H25F2N9O4S. The number of carbonyl (C=O) groups is 1. The normalized spacial score (nSPS) is 17.9. The number of hydrogen-bond donors (Lipinski definition) is 2. The maximum Gasteiger partial charge on any atom is 0.309 e. The molecule has 1 unspecified atom stereocenters. The molecule has 2 fully saturated rings. The third kappa shape index (κ3) is 4.61. The van der Waals surface area contributed by atoms with Crippen LogP contribution in [0.15, 0.2) is 39.7 Å². The van der Waals surface area contributed by atoms with Crippen molar-refractivity contribution < 1.29 is 22.7 Å². The molecule has 6 heterocycles. The Morgan fingerprint density at radius 2 is 1.93 bits per heavy atom. The molecule has 5 aromatic rings. The van der Waals surface area contributed by atoms with Gasteiger partial charge in [-0.25, -0.2) is 13.8 Å². The summed E-state index contributed by atoms with van der Waals surface area (Å²) in [5.74, 6) is -1.09. The van der Waals surface area contributed by atoms with E-state index in [1.807, 2.05) is 4.90 Å². The number of carbonyl (C=O) groups excluding carboxylic acids is 1. The number of amides is 1. The van der Waals surface area contributed by atoms with Crippen molar-refractivity contribution in [3.63, 3.8) is 0 Å². The summed E-state index contributed by atoms with van der Waals surface area (Å²) >= 11 is 1.03. The number of nitrogen functional groups attached to an aromatic ring is 1. The van der Waals surface area contributed by atoms with Gasteiger partial charge in [-0.05, 0) is 12.1 Å². The van der Waals surface area contributed by atoms with Crippen molar-refractivity contribution >= 4 is 44.9 Å². The van der Waals surface area contributed by atoms with E-state index in [4.69, 9.17) is 14.9 Å². The molecule has 0 aliphatic carbocycles. The van der Waals surface area contributed by atoms with E-state index in [2.05, 4.69) is 25.3 Å². The number of fused-ring (bicyclic) bond motifs is 3. The average Bonchev–Trinajstić information content (AvgIpc) is 3.77. The zero-order chi connectivity index (χ0) is 29.0. The van der Waals surface area contributed by atoms with Crippen LogP contribution in [0.4, 0.5) is 20.4 Å². The molecule has 7 rings (SSSR count). The van der Waals surface area contributed by atoms with E-state index in [9.17, 15) is 18.4 Å².